The van der Waals surface area contributed by atoms with Crippen molar-refractivity contribution in [1.29, 1.82) is 0 Å². The lowest BCUT2D eigenvalue weighted by Gasteiger charge is -2.10. The number of aromatic carboxylic acids is 1. The molecule has 0 bridgehead atoms. The third-order valence-electron chi connectivity index (χ3n) is 2.44. The molecule has 6 heteroatoms. The van der Waals surface area contributed by atoms with Crippen LogP contribution in [0, 0.1) is 0 Å². The highest BCUT2D eigenvalue weighted by Gasteiger charge is 2.32. The van der Waals surface area contributed by atoms with Crippen LogP contribution >= 0.6 is 0 Å². The summed E-state index contributed by atoms with van der Waals surface area (Å²) in [5.74, 6) is -1.50. The number of halogens is 3. The molecule has 2 aromatic rings. The molecule has 0 amide bonds. The quantitative estimate of drug-likeness (QED) is 0.906. The number of nitrogens with zero attached hydrogens (tertiary/aromatic N) is 1. The van der Waals surface area contributed by atoms with Gasteiger partial charge in [-0.25, -0.2) is 9.78 Å². The Morgan fingerprint density at radius 1 is 1.11 bits per heavy atom. The maximum atomic E-state index is 12.7. The van der Waals surface area contributed by atoms with Crippen molar-refractivity contribution in [3.8, 4) is 11.3 Å². The Hall–Kier alpha value is -2.37. The van der Waals surface area contributed by atoms with Crippen molar-refractivity contribution in [1.82, 2.24) is 4.98 Å². The summed E-state index contributed by atoms with van der Waals surface area (Å²) >= 11 is 0. The first-order valence-electron chi connectivity index (χ1n) is 5.26. The summed E-state index contributed by atoms with van der Waals surface area (Å²) in [5, 5.41) is 8.82. The summed E-state index contributed by atoms with van der Waals surface area (Å²) in [5.41, 5.74) is -1.25. The summed E-state index contributed by atoms with van der Waals surface area (Å²) < 4.78 is 38.1. The number of aromatic nitrogens is 1. The van der Waals surface area contributed by atoms with Gasteiger partial charge in [-0.15, -0.1) is 0 Å². The van der Waals surface area contributed by atoms with Crippen LogP contribution in [0.15, 0.2) is 42.5 Å². The summed E-state index contributed by atoms with van der Waals surface area (Å²) in [6.07, 6.45) is -4.61. The van der Waals surface area contributed by atoms with Gasteiger partial charge in [-0.2, -0.15) is 13.2 Å². The van der Waals surface area contributed by atoms with E-state index in [9.17, 15) is 18.0 Å². The van der Waals surface area contributed by atoms with Crippen LogP contribution in [-0.2, 0) is 6.18 Å². The molecule has 2 rings (SSSR count). The predicted octanol–water partition coefficient (Wildman–Crippen LogP) is 3.47. The van der Waals surface area contributed by atoms with Gasteiger partial charge in [-0.3, -0.25) is 0 Å². The van der Waals surface area contributed by atoms with E-state index in [2.05, 4.69) is 4.98 Å². The van der Waals surface area contributed by atoms with Crippen LogP contribution < -0.4 is 0 Å². The smallest absolute Gasteiger partial charge is 0.416 e. The third kappa shape index (κ3) is 2.90. The van der Waals surface area contributed by atoms with E-state index in [1.54, 1.807) is 30.3 Å². The second-order valence-electron chi connectivity index (χ2n) is 3.80. The molecule has 0 atom stereocenters. The SMILES string of the molecule is O=C(O)c1cc(C(F)(F)F)cc(-c2ccccc2)n1. The Kier molecular flexibility index (Phi) is 3.25. The van der Waals surface area contributed by atoms with Gasteiger partial charge in [0, 0.05) is 5.56 Å². The van der Waals surface area contributed by atoms with E-state index in [1.165, 1.54) is 0 Å². The zero-order valence-corrected chi connectivity index (χ0v) is 9.48. The summed E-state index contributed by atoms with van der Waals surface area (Å²) in [7, 11) is 0. The summed E-state index contributed by atoms with van der Waals surface area (Å²) in [4.78, 5) is 14.6. The Labute approximate surface area is 106 Å². The molecule has 19 heavy (non-hydrogen) atoms. The molecule has 98 valence electrons. The number of hydrogen-bond acceptors (Lipinski definition) is 2. The maximum Gasteiger partial charge on any atom is 0.416 e. The largest absolute Gasteiger partial charge is 0.477 e. The fraction of sp³-hybridized carbons (Fsp3) is 0.0769. The summed E-state index contributed by atoms with van der Waals surface area (Å²) in [6.45, 7) is 0. The molecule has 0 aliphatic heterocycles. The van der Waals surface area contributed by atoms with Gasteiger partial charge >= 0.3 is 12.1 Å². The van der Waals surface area contributed by atoms with Gasteiger partial charge in [0.2, 0.25) is 0 Å². The van der Waals surface area contributed by atoms with Crippen LogP contribution in [-0.4, -0.2) is 16.1 Å². The average Bonchev–Trinajstić information content (AvgIpc) is 2.38. The normalized spacial score (nSPS) is 11.3. The molecular weight excluding hydrogens is 259 g/mol. The molecule has 0 fully saturated rings. The number of carboxylic acids is 1. The predicted molar refractivity (Wildman–Crippen MR) is 61.6 cm³/mol. The fourth-order valence-corrected chi connectivity index (χ4v) is 1.56. The molecule has 0 saturated heterocycles. The van der Waals surface area contributed by atoms with Gasteiger partial charge in [0.1, 0.15) is 5.69 Å². The Morgan fingerprint density at radius 2 is 1.74 bits per heavy atom. The van der Waals surface area contributed by atoms with Gasteiger partial charge in [-0.1, -0.05) is 30.3 Å². The highest BCUT2D eigenvalue weighted by molar-refractivity contribution is 5.86. The number of alkyl halides is 3. The van der Waals surface area contributed by atoms with E-state index < -0.39 is 23.4 Å². The molecule has 0 aliphatic rings. The van der Waals surface area contributed by atoms with Crippen LogP contribution in [0.1, 0.15) is 16.1 Å². The minimum absolute atomic E-state index is 0.0205. The highest BCUT2D eigenvalue weighted by Crippen LogP contribution is 2.32. The molecule has 1 aromatic carbocycles. The van der Waals surface area contributed by atoms with Gasteiger partial charge in [0.05, 0.1) is 11.3 Å². The lowest BCUT2D eigenvalue weighted by molar-refractivity contribution is -0.137. The van der Waals surface area contributed by atoms with E-state index in [-0.39, 0.29) is 5.69 Å². The van der Waals surface area contributed by atoms with E-state index in [0.29, 0.717) is 11.6 Å². The van der Waals surface area contributed by atoms with E-state index in [4.69, 9.17) is 5.11 Å². The number of rotatable bonds is 2. The van der Waals surface area contributed by atoms with Crippen molar-refractivity contribution in [2.45, 2.75) is 6.18 Å². The maximum absolute atomic E-state index is 12.7. The van der Waals surface area contributed by atoms with Crippen molar-refractivity contribution >= 4 is 5.97 Å². The van der Waals surface area contributed by atoms with Crippen molar-refractivity contribution in [3.05, 3.63) is 53.7 Å². The van der Waals surface area contributed by atoms with Crippen molar-refractivity contribution < 1.29 is 23.1 Å². The highest BCUT2D eigenvalue weighted by atomic mass is 19.4. The van der Waals surface area contributed by atoms with Crippen LogP contribution in [0.3, 0.4) is 0 Å². The second-order valence-corrected chi connectivity index (χ2v) is 3.80. The van der Waals surface area contributed by atoms with Gasteiger partial charge < -0.3 is 5.11 Å². The molecule has 1 heterocycles. The Morgan fingerprint density at radius 3 is 2.26 bits per heavy atom. The molecule has 0 spiro atoms. The third-order valence-corrected chi connectivity index (χ3v) is 2.44. The molecular formula is C13H8F3NO2. The molecule has 0 unspecified atom stereocenters. The van der Waals surface area contributed by atoms with Crippen LogP contribution in [0.2, 0.25) is 0 Å². The molecule has 0 aliphatic carbocycles. The second kappa shape index (κ2) is 4.72. The van der Waals surface area contributed by atoms with E-state index in [1.807, 2.05) is 0 Å². The van der Waals surface area contributed by atoms with Crippen LogP contribution in [0.5, 0.6) is 0 Å². The molecule has 1 aromatic heterocycles. The number of carboxylic acid groups (broad SMARTS) is 1. The monoisotopic (exact) mass is 267 g/mol. The fourth-order valence-electron chi connectivity index (χ4n) is 1.56. The number of pyridine rings is 1. The Bertz CT molecular complexity index is 609. The zero-order valence-electron chi connectivity index (χ0n) is 9.48. The first kappa shape index (κ1) is 13.1. The zero-order chi connectivity index (χ0) is 14.0. The minimum atomic E-state index is -4.61. The van der Waals surface area contributed by atoms with Crippen molar-refractivity contribution in [2.24, 2.45) is 0 Å². The molecule has 0 saturated carbocycles. The Balaban J connectivity index is 2.62. The van der Waals surface area contributed by atoms with E-state index >= 15 is 0 Å². The minimum Gasteiger partial charge on any atom is -0.477 e. The van der Waals surface area contributed by atoms with Crippen LogP contribution in [0.4, 0.5) is 13.2 Å². The first-order chi connectivity index (χ1) is 8.88. The topological polar surface area (TPSA) is 50.2 Å². The average molecular weight is 267 g/mol. The molecule has 0 radical (unpaired) electrons. The van der Waals surface area contributed by atoms with E-state index in [0.717, 1.165) is 6.07 Å². The number of carbonyl (C=O) groups is 1. The van der Waals surface area contributed by atoms with Gasteiger partial charge in [0.15, 0.2) is 0 Å². The number of benzene rings is 1. The van der Waals surface area contributed by atoms with Crippen molar-refractivity contribution in [2.75, 3.05) is 0 Å². The first-order valence-corrected chi connectivity index (χ1v) is 5.26. The molecule has 1 N–H and O–H groups in total. The summed E-state index contributed by atoms with van der Waals surface area (Å²) in [6, 6.07) is 9.46. The van der Waals surface area contributed by atoms with Gasteiger partial charge in [0.25, 0.3) is 0 Å². The van der Waals surface area contributed by atoms with Crippen LogP contribution in [0.25, 0.3) is 11.3 Å². The van der Waals surface area contributed by atoms with Crippen molar-refractivity contribution in [3.63, 3.8) is 0 Å². The standard InChI is InChI=1S/C13H8F3NO2/c14-13(15,16)9-6-10(8-4-2-1-3-5-8)17-11(7-9)12(18)19/h1-7H,(H,18,19). The number of hydrogen-bond donors (Lipinski definition) is 1. The molecule has 3 nitrogen and oxygen atoms in total. The van der Waals surface area contributed by atoms with Gasteiger partial charge in [-0.05, 0) is 12.1 Å². The lowest BCUT2D eigenvalue weighted by atomic mass is 10.1. The lowest BCUT2D eigenvalue weighted by Crippen LogP contribution is -2.10.